The highest BCUT2D eigenvalue weighted by molar-refractivity contribution is 7.88. The molecule has 0 saturated carbocycles. The Bertz CT molecular complexity index is 760. The molecule has 28 heavy (non-hydrogen) atoms. The number of fused-ring (bicyclic) bond motifs is 1. The van der Waals surface area contributed by atoms with Gasteiger partial charge in [-0.05, 0) is 44.5 Å². The maximum atomic E-state index is 14.1. The number of benzene rings is 1. The summed E-state index contributed by atoms with van der Waals surface area (Å²) in [5.74, 6) is -1.57. The number of ether oxygens (including phenoxy) is 1. The van der Waals surface area contributed by atoms with Crippen molar-refractivity contribution in [2.75, 3.05) is 19.7 Å². The molecule has 0 aromatic heterocycles. The molecule has 1 heterocycles. The highest BCUT2D eigenvalue weighted by atomic mass is 32.2. The number of hydrogen-bond acceptors (Lipinski definition) is 5. The molecule has 0 radical (unpaired) electrons. The van der Waals surface area contributed by atoms with Crippen molar-refractivity contribution in [3.8, 4) is 11.5 Å². The van der Waals surface area contributed by atoms with Crippen molar-refractivity contribution >= 4 is 10.1 Å². The Labute approximate surface area is 162 Å². The third kappa shape index (κ3) is 5.28. The van der Waals surface area contributed by atoms with Gasteiger partial charge in [0, 0.05) is 11.6 Å². The topological polar surface area (TPSA) is 55.8 Å². The molecular weight excluding hydrogens is 402 g/mol. The van der Waals surface area contributed by atoms with Crippen molar-refractivity contribution in [1.29, 1.82) is 0 Å². The van der Waals surface area contributed by atoms with Gasteiger partial charge in [-0.3, -0.25) is 4.90 Å². The van der Waals surface area contributed by atoms with Crippen LogP contribution in [0.15, 0.2) is 12.1 Å². The van der Waals surface area contributed by atoms with Crippen LogP contribution < -0.4 is 8.92 Å². The Balaban J connectivity index is 2.31. The summed E-state index contributed by atoms with van der Waals surface area (Å²) < 4.78 is 84.7. The molecule has 0 saturated heterocycles. The standard InChI is InChI=1S/C18H25F4NO4S/c1-3-5-9-23(10-6-4-2)13-11-14-16(27-28(24,25)18(20,21)22)8-7-15(19)17(14)26-12-13/h7-8,13H,3-6,9-12H2,1-2H3/t13-/m1/s1. The Morgan fingerprint density at radius 1 is 1.18 bits per heavy atom. The lowest BCUT2D eigenvalue weighted by atomic mass is 9.99. The van der Waals surface area contributed by atoms with Crippen molar-refractivity contribution in [3.05, 3.63) is 23.5 Å². The molecule has 1 aliphatic heterocycles. The first kappa shape index (κ1) is 22.7. The lowest BCUT2D eigenvalue weighted by Crippen LogP contribution is -2.44. The second kappa shape index (κ2) is 9.30. The lowest BCUT2D eigenvalue weighted by Gasteiger charge is -2.35. The normalized spacial score (nSPS) is 17.3. The molecule has 0 spiro atoms. The van der Waals surface area contributed by atoms with Crippen molar-refractivity contribution in [1.82, 2.24) is 4.90 Å². The van der Waals surface area contributed by atoms with E-state index in [1.165, 1.54) is 0 Å². The average Bonchev–Trinajstić information content (AvgIpc) is 2.63. The van der Waals surface area contributed by atoms with Gasteiger partial charge in [-0.15, -0.1) is 0 Å². The second-order valence-electron chi connectivity index (χ2n) is 6.75. The molecule has 5 nitrogen and oxygen atoms in total. The minimum atomic E-state index is -5.85. The molecule has 1 aromatic rings. The van der Waals surface area contributed by atoms with Gasteiger partial charge < -0.3 is 8.92 Å². The highest BCUT2D eigenvalue weighted by Crippen LogP contribution is 2.38. The maximum absolute atomic E-state index is 14.1. The molecule has 10 heteroatoms. The summed E-state index contributed by atoms with van der Waals surface area (Å²) >= 11 is 0. The van der Waals surface area contributed by atoms with Crippen LogP contribution in [0.4, 0.5) is 17.6 Å². The monoisotopic (exact) mass is 427 g/mol. The number of unbranched alkanes of at least 4 members (excludes halogenated alkanes) is 2. The number of hydrogen-bond donors (Lipinski definition) is 0. The van der Waals surface area contributed by atoms with Crippen molar-refractivity contribution < 1.29 is 34.9 Å². The van der Waals surface area contributed by atoms with Crippen LogP contribution in [0, 0.1) is 5.82 Å². The zero-order valence-corrected chi connectivity index (χ0v) is 16.7. The first-order chi connectivity index (χ1) is 13.1. The van der Waals surface area contributed by atoms with Gasteiger partial charge in [-0.1, -0.05) is 26.7 Å². The van der Waals surface area contributed by atoms with Crippen LogP contribution in [0.5, 0.6) is 11.5 Å². The van der Waals surface area contributed by atoms with Crippen LogP contribution in [0.25, 0.3) is 0 Å². The lowest BCUT2D eigenvalue weighted by molar-refractivity contribution is -0.0500. The van der Waals surface area contributed by atoms with E-state index in [1.807, 2.05) is 13.8 Å². The number of alkyl halides is 3. The Morgan fingerprint density at radius 3 is 2.32 bits per heavy atom. The van der Waals surface area contributed by atoms with Gasteiger partial charge in [0.05, 0.1) is 0 Å². The fourth-order valence-electron chi connectivity index (χ4n) is 3.08. The van der Waals surface area contributed by atoms with Gasteiger partial charge in [-0.25, -0.2) is 4.39 Å². The number of nitrogens with zero attached hydrogens (tertiary/aromatic N) is 1. The SMILES string of the molecule is CCCCN(CCCC)[C@H]1COc2c(F)ccc(OS(=O)(=O)C(F)(F)F)c2C1. The zero-order chi connectivity index (χ0) is 20.9. The van der Waals surface area contributed by atoms with Crippen LogP contribution in [0.2, 0.25) is 0 Å². The summed E-state index contributed by atoms with van der Waals surface area (Å²) in [6.45, 7) is 5.81. The van der Waals surface area contributed by atoms with E-state index in [0.29, 0.717) is 0 Å². The molecule has 0 fully saturated rings. The Morgan fingerprint density at radius 2 is 1.79 bits per heavy atom. The molecule has 1 atom stereocenters. The highest BCUT2D eigenvalue weighted by Gasteiger charge is 2.49. The molecule has 1 aliphatic rings. The first-order valence-corrected chi connectivity index (χ1v) is 10.7. The summed E-state index contributed by atoms with van der Waals surface area (Å²) in [4.78, 5) is 2.16. The molecule has 0 bridgehead atoms. The van der Waals surface area contributed by atoms with E-state index < -0.39 is 27.2 Å². The molecule has 160 valence electrons. The maximum Gasteiger partial charge on any atom is 0.534 e. The van der Waals surface area contributed by atoms with Gasteiger partial charge in [-0.2, -0.15) is 21.6 Å². The van der Waals surface area contributed by atoms with Crippen LogP contribution in [-0.4, -0.2) is 44.6 Å². The van der Waals surface area contributed by atoms with E-state index >= 15 is 0 Å². The molecule has 0 amide bonds. The fraction of sp³-hybridized carbons (Fsp3) is 0.667. The minimum Gasteiger partial charge on any atom is -0.488 e. The van der Waals surface area contributed by atoms with E-state index in [-0.39, 0.29) is 30.4 Å². The third-order valence-corrected chi connectivity index (χ3v) is 5.59. The second-order valence-corrected chi connectivity index (χ2v) is 8.29. The predicted octanol–water partition coefficient (Wildman–Crippen LogP) is 4.26. The zero-order valence-electron chi connectivity index (χ0n) is 15.9. The smallest absolute Gasteiger partial charge is 0.488 e. The third-order valence-electron chi connectivity index (χ3n) is 4.63. The van der Waals surface area contributed by atoms with Crippen molar-refractivity contribution in [3.63, 3.8) is 0 Å². The van der Waals surface area contributed by atoms with E-state index in [0.717, 1.165) is 50.9 Å². The molecule has 1 aromatic carbocycles. The molecule has 2 rings (SSSR count). The van der Waals surface area contributed by atoms with Crippen molar-refractivity contribution in [2.24, 2.45) is 0 Å². The summed E-state index contributed by atoms with van der Waals surface area (Å²) in [5.41, 5.74) is -5.57. The quantitative estimate of drug-likeness (QED) is 0.335. The van der Waals surface area contributed by atoms with Crippen LogP contribution in [0.3, 0.4) is 0 Å². The first-order valence-electron chi connectivity index (χ1n) is 9.29. The minimum absolute atomic E-state index is 0.00192. The van der Waals surface area contributed by atoms with Crippen LogP contribution >= 0.6 is 0 Å². The Kier molecular flexibility index (Phi) is 7.55. The van der Waals surface area contributed by atoms with Gasteiger partial charge in [0.1, 0.15) is 12.4 Å². The molecule has 0 unspecified atom stereocenters. The molecule has 0 aliphatic carbocycles. The summed E-state index contributed by atoms with van der Waals surface area (Å²) in [6, 6.07) is 1.53. The van der Waals surface area contributed by atoms with Gasteiger partial charge >= 0.3 is 15.6 Å². The van der Waals surface area contributed by atoms with E-state index in [4.69, 9.17) is 4.74 Å². The van der Waals surface area contributed by atoms with E-state index in [9.17, 15) is 26.0 Å². The average molecular weight is 427 g/mol. The van der Waals surface area contributed by atoms with Gasteiger partial charge in [0.25, 0.3) is 0 Å². The molecule has 0 N–H and O–H groups in total. The van der Waals surface area contributed by atoms with Crippen molar-refractivity contribution in [2.45, 2.75) is 57.5 Å². The Hall–Kier alpha value is -1.55. The largest absolute Gasteiger partial charge is 0.534 e. The molecular formula is C18H25F4NO4S. The van der Waals surface area contributed by atoms with Gasteiger partial charge in [0.2, 0.25) is 0 Å². The summed E-state index contributed by atoms with van der Waals surface area (Å²) in [7, 11) is -5.85. The van der Waals surface area contributed by atoms with E-state index in [1.54, 1.807) is 0 Å². The summed E-state index contributed by atoms with van der Waals surface area (Å²) in [5, 5.41) is 0. The number of rotatable bonds is 9. The van der Waals surface area contributed by atoms with E-state index in [2.05, 4.69) is 9.08 Å². The fourth-order valence-corrected chi connectivity index (χ4v) is 3.57. The van der Waals surface area contributed by atoms with Gasteiger partial charge in [0.15, 0.2) is 11.6 Å². The van der Waals surface area contributed by atoms with Crippen LogP contribution in [0.1, 0.15) is 45.1 Å². The number of halogens is 4. The summed E-state index contributed by atoms with van der Waals surface area (Å²) in [6.07, 6.45) is 3.95. The predicted molar refractivity (Wildman–Crippen MR) is 96.4 cm³/mol. The van der Waals surface area contributed by atoms with Crippen LogP contribution in [-0.2, 0) is 16.5 Å².